The predicted molar refractivity (Wildman–Crippen MR) is 81.8 cm³/mol. The number of carboxylic acids is 1. The van der Waals surface area contributed by atoms with Crippen LogP contribution in [0, 0.1) is 0 Å². The maximum atomic E-state index is 10.7. The first-order chi connectivity index (χ1) is 9.70. The molecule has 0 bridgehead atoms. The molecule has 0 amide bonds. The molecule has 1 aliphatic rings. The molecule has 2 rings (SSSR count). The highest BCUT2D eigenvalue weighted by Gasteiger charge is 2.25. The minimum absolute atomic E-state index is 0.282. The van der Waals surface area contributed by atoms with Crippen LogP contribution in [0.15, 0.2) is 24.3 Å². The number of ether oxygens (including phenoxy) is 1. The van der Waals surface area contributed by atoms with Gasteiger partial charge in [0.25, 0.3) is 0 Å². The average Bonchev–Trinajstić information content (AvgIpc) is 2.91. The van der Waals surface area contributed by atoms with Gasteiger partial charge >= 0.3 is 5.97 Å². The standard InChI is InChI=1S/C15H21NO3S/c1-20-14-4-2-3-13(14)16-9-10-19-12-7-5-11(6-8-12)15(17)18/h5-8,13-14,16H,2-4,9-10H2,1H3,(H,17,18). The minimum atomic E-state index is -0.914. The molecule has 20 heavy (non-hydrogen) atoms. The Kier molecular flexibility index (Phi) is 5.73. The van der Waals surface area contributed by atoms with Gasteiger partial charge in [-0.25, -0.2) is 4.79 Å². The molecule has 1 aromatic carbocycles. The summed E-state index contributed by atoms with van der Waals surface area (Å²) < 4.78 is 5.61. The zero-order valence-corrected chi connectivity index (χ0v) is 12.5. The molecule has 2 unspecified atom stereocenters. The molecule has 0 saturated heterocycles. The van der Waals surface area contributed by atoms with Gasteiger partial charge in [0.05, 0.1) is 5.56 Å². The van der Waals surface area contributed by atoms with Crippen LogP contribution in [0.1, 0.15) is 29.6 Å². The van der Waals surface area contributed by atoms with Crippen molar-refractivity contribution < 1.29 is 14.6 Å². The van der Waals surface area contributed by atoms with Crippen molar-refractivity contribution in [2.75, 3.05) is 19.4 Å². The molecular weight excluding hydrogens is 274 g/mol. The van der Waals surface area contributed by atoms with Gasteiger partial charge < -0.3 is 15.2 Å². The van der Waals surface area contributed by atoms with Gasteiger partial charge in [-0.3, -0.25) is 0 Å². The fourth-order valence-corrected chi connectivity index (χ4v) is 3.51. The summed E-state index contributed by atoms with van der Waals surface area (Å²) in [4.78, 5) is 10.7. The number of rotatable bonds is 7. The fourth-order valence-electron chi connectivity index (χ4n) is 2.55. The summed E-state index contributed by atoms with van der Waals surface area (Å²) in [5, 5.41) is 13.1. The van der Waals surface area contributed by atoms with E-state index in [0.717, 1.165) is 11.8 Å². The van der Waals surface area contributed by atoms with Crippen molar-refractivity contribution in [3.8, 4) is 5.75 Å². The number of carboxylic acid groups (broad SMARTS) is 1. The maximum absolute atomic E-state index is 10.7. The van der Waals surface area contributed by atoms with Crippen molar-refractivity contribution in [2.24, 2.45) is 0 Å². The Balaban J connectivity index is 1.69. The van der Waals surface area contributed by atoms with E-state index >= 15 is 0 Å². The van der Waals surface area contributed by atoms with Crippen LogP contribution >= 0.6 is 11.8 Å². The van der Waals surface area contributed by atoms with E-state index in [9.17, 15) is 4.79 Å². The molecule has 5 heteroatoms. The fraction of sp³-hybridized carbons (Fsp3) is 0.533. The lowest BCUT2D eigenvalue weighted by molar-refractivity contribution is 0.0697. The number of benzene rings is 1. The normalized spacial score (nSPS) is 21.9. The van der Waals surface area contributed by atoms with Crippen LogP contribution in [0.4, 0.5) is 0 Å². The lowest BCUT2D eigenvalue weighted by Crippen LogP contribution is -2.36. The summed E-state index contributed by atoms with van der Waals surface area (Å²) in [6.45, 7) is 1.42. The largest absolute Gasteiger partial charge is 0.492 e. The molecule has 4 nitrogen and oxygen atoms in total. The highest BCUT2D eigenvalue weighted by Crippen LogP contribution is 2.28. The monoisotopic (exact) mass is 295 g/mol. The SMILES string of the molecule is CSC1CCCC1NCCOc1ccc(C(=O)O)cc1. The first kappa shape index (κ1) is 15.2. The van der Waals surface area contributed by atoms with Crippen LogP contribution in [0.25, 0.3) is 0 Å². The summed E-state index contributed by atoms with van der Waals surface area (Å²) in [5.74, 6) is -0.202. The van der Waals surface area contributed by atoms with Crippen LogP contribution in [0.2, 0.25) is 0 Å². The third kappa shape index (κ3) is 4.15. The van der Waals surface area contributed by atoms with Crippen molar-refractivity contribution in [2.45, 2.75) is 30.6 Å². The van der Waals surface area contributed by atoms with Gasteiger partial charge in [0.2, 0.25) is 0 Å². The van der Waals surface area contributed by atoms with Gasteiger partial charge in [-0.05, 0) is 43.4 Å². The second-order valence-electron chi connectivity index (χ2n) is 4.94. The lowest BCUT2D eigenvalue weighted by Gasteiger charge is -2.19. The highest BCUT2D eigenvalue weighted by molar-refractivity contribution is 7.99. The van der Waals surface area contributed by atoms with Crippen molar-refractivity contribution in [3.63, 3.8) is 0 Å². The Bertz CT molecular complexity index is 435. The third-order valence-electron chi connectivity index (χ3n) is 3.63. The topological polar surface area (TPSA) is 58.6 Å². The van der Waals surface area contributed by atoms with Gasteiger partial charge in [-0.15, -0.1) is 0 Å². The van der Waals surface area contributed by atoms with E-state index in [0.29, 0.717) is 18.4 Å². The molecule has 1 saturated carbocycles. The van der Waals surface area contributed by atoms with E-state index in [1.807, 2.05) is 11.8 Å². The Labute approximate surface area is 123 Å². The van der Waals surface area contributed by atoms with E-state index in [-0.39, 0.29) is 5.56 Å². The summed E-state index contributed by atoms with van der Waals surface area (Å²) in [6, 6.07) is 7.12. The summed E-state index contributed by atoms with van der Waals surface area (Å²) in [5.41, 5.74) is 0.282. The lowest BCUT2D eigenvalue weighted by atomic mass is 10.2. The second kappa shape index (κ2) is 7.55. The number of aromatic carboxylic acids is 1. The quantitative estimate of drug-likeness (QED) is 0.757. The summed E-state index contributed by atoms with van der Waals surface area (Å²) >= 11 is 1.94. The number of thioether (sulfide) groups is 1. The molecule has 0 spiro atoms. The van der Waals surface area contributed by atoms with Crippen molar-refractivity contribution in [1.82, 2.24) is 5.32 Å². The van der Waals surface area contributed by atoms with Gasteiger partial charge in [0, 0.05) is 17.8 Å². The van der Waals surface area contributed by atoms with Crippen LogP contribution in [-0.2, 0) is 0 Å². The van der Waals surface area contributed by atoms with Gasteiger partial charge in [0.15, 0.2) is 0 Å². The van der Waals surface area contributed by atoms with Gasteiger partial charge in [-0.2, -0.15) is 11.8 Å². The van der Waals surface area contributed by atoms with Crippen LogP contribution < -0.4 is 10.1 Å². The van der Waals surface area contributed by atoms with E-state index in [4.69, 9.17) is 9.84 Å². The molecule has 110 valence electrons. The number of carbonyl (C=O) groups is 1. The van der Waals surface area contributed by atoms with Gasteiger partial charge in [-0.1, -0.05) is 6.42 Å². The Morgan fingerprint density at radius 3 is 2.80 bits per heavy atom. The molecule has 0 aromatic heterocycles. The number of hydrogen-bond donors (Lipinski definition) is 2. The summed E-state index contributed by atoms with van der Waals surface area (Å²) in [7, 11) is 0. The van der Waals surface area contributed by atoms with Crippen molar-refractivity contribution >= 4 is 17.7 Å². The van der Waals surface area contributed by atoms with E-state index < -0.39 is 5.97 Å². The molecule has 2 atom stereocenters. The molecule has 1 fully saturated rings. The van der Waals surface area contributed by atoms with Gasteiger partial charge in [0.1, 0.15) is 12.4 Å². The first-order valence-electron chi connectivity index (χ1n) is 6.93. The predicted octanol–water partition coefficient (Wildman–Crippen LogP) is 2.64. The molecule has 2 N–H and O–H groups in total. The van der Waals surface area contributed by atoms with Crippen LogP contribution in [0.5, 0.6) is 5.75 Å². The highest BCUT2D eigenvalue weighted by atomic mass is 32.2. The molecule has 0 radical (unpaired) electrons. The Morgan fingerprint density at radius 1 is 1.40 bits per heavy atom. The van der Waals surface area contributed by atoms with E-state index in [1.165, 1.54) is 19.3 Å². The number of nitrogens with one attached hydrogen (secondary N) is 1. The van der Waals surface area contributed by atoms with E-state index in [1.54, 1.807) is 24.3 Å². The zero-order chi connectivity index (χ0) is 14.4. The molecular formula is C15H21NO3S. The van der Waals surface area contributed by atoms with Crippen LogP contribution in [-0.4, -0.2) is 41.8 Å². The number of hydrogen-bond acceptors (Lipinski definition) is 4. The molecule has 0 aliphatic heterocycles. The average molecular weight is 295 g/mol. The molecule has 1 aliphatic carbocycles. The Hall–Kier alpha value is -1.20. The van der Waals surface area contributed by atoms with Crippen LogP contribution in [0.3, 0.4) is 0 Å². The minimum Gasteiger partial charge on any atom is -0.492 e. The summed E-state index contributed by atoms with van der Waals surface area (Å²) in [6.07, 6.45) is 6.03. The first-order valence-corrected chi connectivity index (χ1v) is 8.22. The van der Waals surface area contributed by atoms with Crippen molar-refractivity contribution in [1.29, 1.82) is 0 Å². The Morgan fingerprint density at radius 2 is 2.15 bits per heavy atom. The maximum Gasteiger partial charge on any atom is 0.335 e. The molecule has 1 aromatic rings. The van der Waals surface area contributed by atoms with E-state index in [2.05, 4.69) is 11.6 Å². The smallest absolute Gasteiger partial charge is 0.335 e. The zero-order valence-electron chi connectivity index (χ0n) is 11.7. The molecule has 0 heterocycles. The second-order valence-corrected chi connectivity index (χ2v) is 6.02. The van der Waals surface area contributed by atoms with Crippen molar-refractivity contribution in [3.05, 3.63) is 29.8 Å². The third-order valence-corrected chi connectivity index (χ3v) is 4.80.